The maximum absolute atomic E-state index is 12.2. The van der Waals surface area contributed by atoms with Crippen molar-refractivity contribution in [3.05, 3.63) is 29.8 Å². The Labute approximate surface area is 172 Å². The second-order valence-corrected chi connectivity index (χ2v) is 8.40. The van der Waals surface area contributed by atoms with E-state index in [2.05, 4.69) is 16.0 Å². The molecule has 0 fully saturated rings. The van der Waals surface area contributed by atoms with Gasteiger partial charge in [0, 0.05) is 12.1 Å². The number of anilines is 1. The maximum Gasteiger partial charge on any atom is 0.407 e. The number of rotatable bonds is 8. The normalized spacial score (nSPS) is 13.4. The SMILES string of the molecule is CC(C)CC(=O)N[C@@H](C)C(=O)Nc1ccc([C@H](O)CNC(=O)OC(C)(C)C)cc1. The molecule has 1 aromatic rings. The van der Waals surface area contributed by atoms with E-state index >= 15 is 0 Å². The molecule has 1 aromatic carbocycles. The van der Waals surface area contributed by atoms with Crippen LogP contribution in [0.5, 0.6) is 0 Å². The predicted octanol–water partition coefficient (Wildman–Crippen LogP) is 2.73. The summed E-state index contributed by atoms with van der Waals surface area (Å²) in [5.41, 5.74) is 0.508. The Kier molecular flexibility index (Phi) is 9.10. The van der Waals surface area contributed by atoms with Gasteiger partial charge < -0.3 is 25.8 Å². The van der Waals surface area contributed by atoms with E-state index in [-0.39, 0.29) is 24.3 Å². The average Bonchev–Trinajstić information content (AvgIpc) is 2.58. The molecule has 8 heteroatoms. The lowest BCUT2D eigenvalue weighted by atomic mass is 10.1. The summed E-state index contributed by atoms with van der Waals surface area (Å²) in [5.74, 6) is -0.283. The molecule has 29 heavy (non-hydrogen) atoms. The van der Waals surface area contributed by atoms with E-state index in [1.165, 1.54) is 0 Å². The summed E-state index contributed by atoms with van der Waals surface area (Å²) in [4.78, 5) is 35.6. The van der Waals surface area contributed by atoms with Gasteiger partial charge in [0.25, 0.3) is 0 Å². The minimum Gasteiger partial charge on any atom is -0.444 e. The van der Waals surface area contributed by atoms with Crippen LogP contribution in [0.15, 0.2) is 24.3 Å². The molecule has 2 atom stereocenters. The maximum atomic E-state index is 12.2. The molecule has 0 aliphatic heterocycles. The lowest BCUT2D eigenvalue weighted by Crippen LogP contribution is -2.41. The third-order valence-electron chi connectivity index (χ3n) is 3.77. The molecule has 0 saturated carbocycles. The molecule has 0 bridgehead atoms. The van der Waals surface area contributed by atoms with E-state index in [0.717, 1.165) is 0 Å². The second-order valence-electron chi connectivity index (χ2n) is 8.40. The average molecular weight is 408 g/mol. The first-order valence-corrected chi connectivity index (χ1v) is 9.72. The third-order valence-corrected chi connectivity index (χ3v) is 3.77. The number of hydrogen-bond donors (Lipinski definition) is 4. The Morgan fingerprint density at radius 1 is 1.07 bits per heavy atom. The first kappa shape index (κ1) is 24.4. The standard InChI is InChI=1S/C21H33N3O5/c1-13(2)11-18(26)23-14(3)19(27)24-16-9-7-15(8-10-16)17(25)12-22-20(28)29-21(4,5)6/h7-10,13-14,17,25H,11-12H2,1-6H3,(H,22,28)(H,23,26)(H,24,27)/t14-,17+/m0/s1. The fourth-order valence-corrected chi connectivity index (χ4v) is 2.39. The summed E-state index contributed by atoms with van der Waals surface area (Å²) >= 11 is 0. The molecule has 0 radical (unpaired) electrons. The minimum atomic E-state index is -0.915. The van der Waals surface area contributed by atoms with Crippen molar-refractivity contribution >= 4 is 23.6 Å². The van der Waals surface area contributed by atoms with Gasteiger partial charge >= 0.3 is 6.09 Å². The van der Waals surface area contributed by atoms with Gasteiger partial charge in [-0.2, -0.15) is 0 Å². The minimum absolute atomic E-state index is 0.000460. The van der Waals surface area contributed by atoms with Crippen LogP contribution < -0.4 is 16.0 Å². The van der Waals surface area contributed by atoms with Crippen molar-refractivity contribution < 1.29 is 24.2 Å². The summed E-state index contributed by atoms with van der Waals surface area (Å²) in [6.45, 7) is 10.8. The lowest BCUT2D eigenvalue weighted by Gasteiger charge is -2.20. The van der Waals surface area contributed by atoms with Crippen molar-refractivity contribution in [2.24, 2.45) is 5.92 Å². The van der Waals surface area contributed by atoms with Gasteiger partial charge in [-0.25, -0.2) is 4.79 Å². The van der Waals surface area contributed by atoms with Crippen LogP contribution in [0.1, 0.15) is 59.6 Å². The summed E-state index contributed by atoms with van der Waals surface area (Å²) in [7, 11) is 0. The molecule has 0 aliphatic carbocycles. The Hall–Kier alpha value is -2.61. The number of hydrogen-bond acceptors (Lipinski definition) is 5. The fraction of sp³-hybridized carbons (Fsp3) is 0.571. The summed E-state index contributed by atoms with van der Waals surface area (Å²) < 4.78 is 5.12. The van der Waals surface area contributed by atoms with Crippen molar-refractivity contribution in [2.75, 3.05) is 11.9 Å². The van der Waals surface area contributed by atoms with E-state index in [1.54, 1.807) is 52.0 Å². The highest BCUT2D eigenvalue weighted by atomic mass is 16.6. The molecule has 0 heterocycles. The van der Waals surface area contributed by atoms with Gasteiger partial charge in [0.15, 0.2) is 0 Å². The van der Waals surface area contributed by atoms with Crippen molar-refractivity contribution in [2.45, 2.75) is 65.7 Å². The zero-order chi connectivity index (χ0) is 22.2. The second kappa shape index (κ2) is 10.8. The molecule has 8 nitrogen and oxygen atoms in total. The molecule has 0 aliphatic rings. The van der Waals surface area contributed by atoms with Crippen LogP contribution in [0.3, 0.4) is 0 Å². The van der Waals surface area contributed by atoms with Crippen LogP contribution in [0.25, 0.3) is 0 Å². The molecule has 3 amide bonds. The number of aliphatic hydroxyl groups is 1. The van der Waals surface area contributed by atoms with Crippen molar-refractivity contribution in [1.29, 1.82) is 0 Å². The van der Waals surface area contributed by atoms with Crippen LogP contribution in [0.4, 0.5) is 10.5 Å². The van der Waals surface area contributed by atoms with Crippen molar-refractivity contribution in [3.63, 3.8) is 0 Å². The van der Waals surface area contributed by atoms with Gasteiger partial charge in [-0.3, -0.25) is 9.59 Å². The monoisotopic (exact) mass is 407 g/mol. The Balaban J connectivity index is 2.53. The topological polar surface area (TPSA) is 117 Å². The Morgan fingerprint density at radius 2 is 1.66 bits per heavy atom. The number of aliphatic hydroxyl groups excluding tert-OH is 1. The largest absolute Gasteiger partial charge is 0.444 e. The number of carbonyl (C=O) groups excluding carboxylic acids is 3. The third kappa shape index (κ3) is 9.94. The summed E-state index contributed by atoms with van der Waals surface area (Å²) in [6, 6.07) is 5.93. The molecule has 4 N–H and O–H groups in total. The predicted molar refractivity (Wildman–Crippen MR) is 111 cm³/mol. The number of benzene rings is 1. The van der Waals surface area contributed by atoms with Gasteiger partial charge in [-0.1, -0.05) is 26.0 Å². The Morgan fingerprint density at radius 3 is 2.17 bits per heavy atom. The molecular weight excluding hydrogens is 374 g/mol. The summed E-state index contributed by atoms with van der Waals surface area (Å²) in [5, 5.41) is 18.1. The number of carbonyl (C=O) groups is 3. The van der Waals surface area contributed by atoms with Gasteiger partial charge in [0.2, 0.25) is 11.8 Å². The van der Waals surface area contributed by atoms with Crippen LogP contribution in [0, 0.1) is 5.92 Å². The fourth-order valence-electron chi connectivity index (χ4n) is 2.39. The quantitative estimate of drug-likeness (QED) is 0.529. The molecule has 0 saturated heterocycles. The molecule has 0 spiro atoms. The van der Waals surface area contributed by atoms with Crippen LogP contribution in [-0.4, -0.2) is 41.2 Å². The number of amides is 3. The Bertz CT molecular complexity index is 695. The highest BCUT2D eigenvalue weighted by molar-refractivity contribution is 5.96. The highest BCUT2D eigenvalue weighted by Crippen LogP contribution is 2.16. The van der Waals surface area contributed by atoms with E-state index < -0.39 is 23.8 Å². The van der Waals surface area contributed by atoms with Crippen LogP contribution in [-0.2, 0) is 14.3 Å². The zero-order valence-electron chi connectivity index (χ0n) is 18.0. The van der Waals surface area contributed by atoms with E-state index in [0.29, 0.717) is 17.7 Å². The van der Waals surface area contributed by atoms with Crippen molar-refractivity contribution in [1.82, 2.24) is 10.6 Å². The molecule has 162 valence electrons. The smallest absolute Gasteiger partial charge is 0.407 e. The number of ether oxygens (including phenoxy) is 1. The van der Waals surface area contributed by atoms with Gasteiger partial charge in [-0.15, -0.1) is 0 Å². The first-order valence-electron chi connectivity index (χ1n) is 9.72. The molecule has 0 unspecified atom stereocenters. The van der Waals surface area contributed by atoms with Gasteiger partial charge in [0.1, 0.15) is 11.6 Å². The zero-order valence-corrected chi connectivity index (χ0v) is 18.0. The first-order chi connectivity index (χ1) is 13.4. The summed E-state index contributed by atoms with van der Waals surface area (Å²) in [6.07, 6.45) is -1.16. The van der Waals surface area contributed by atoms with E-state index in [4.69, 9.17) is 4.74 Å². The number of nitrogens with one attached hydrogen (secondary N) is 3. The lowest BCUT2D eigenvalue weighted by molar-refractivity contribution is -0.126. The van der Waals surface area contributed by atoms with Gasteiger partial charge in [-0.05, 0) is 51.3 Å². The van der Waals surface area contributed by atoms with Crippen LogP contribution in [0.2, 0.25) is 0 Å². The van der Waals surface area contributed by atoms with Crippen LogP contribution >= 0.6 is 0 Å². The van der Waals surface area contributed by atoms with E-state index in [1.807, 2.05) is 13.8 Å². The van der Waals surface area contributed by atoms with Crippen molar-refractivity contribution in [3.8, 4) is 0 Å². The highest BCUT2D eigenvalue weighted by Gasteiger charge is 2.18. The number of alkyl carbamates (subject to hydrolysis) is 1. The molecular formula is C21H33N3O5. The molecule has 0 aromatic heterocycles. The van der Waals surface area contributed by atoms with Gasteiger partial charge in [0.05, 0.1) is 12.6 Å². The molecule has 1 rings (SSSR count). The van der Waals surface area contributed by atoms with E-state index in [9.17, 15) is 19.5 Å².